The molecule has 0 spiro atoms. The molecule has 24 heavy (non-hydrogen) atoms. The molecular formula is C17H17ClN2O4. The standard InChI is InChI=1S/C17H17ClN2O4/c1-3-24-15-7-4-11(8-16(15)23-2)10-19-20-14-9-12(17(21)22)5-6-13(14)18/h4-10,20H,3H2,1-2H3,(H,21,22)/b19-10-. The predicted octanol–water partition coefficient (Wildman–Crippen LogP) is 3.89. The number of aromatic carboxylic acids is 1. The van der Waals surface area contributed by atoms with E-state index in [1.54, 1.807) is 25.5 Å². The highest BCUT2D eigenvalue weighted by Crippen LogP contribution is 2.27. The number of ether oxygens (including phenoxy) is 2. The van der Waals surface area contributed by atoms with Crippen LogP contribution in [0.15, 0.2) is 41.5 Å². The Morgan fingerprint density at radius 1 is 1.29 bits per heavy atom. The van der Waals surface area contributed by atoms with Gasteiger partial charge in [-0.25, -0.2) is 4.79 Å². The van der Waals surface area contributed by atoms with Crippen LogP contribution in [0.25, 0.3) is 0 Å². The molecule has 0 atom stereocenters. The molecule has 0 radical (unpaired) electrons. The summed E-state index contributed by atoms with van der Waals surface area (Å²) in [4.78, 5) is 11.0. The van der Waals surface area contributed by atoms with Crippen LogP contribution in [0.2, 0.25) is 5.02 Å². The number of hydrogen-bond donors (Lipinski definition) is 2. The summed E-state index contributed by atoms with van der Waals surface area (Å²) in [5.41, 5.74) is 4.05. The van der Waals surface area contributed by atoms with Gasteiger partial charge in [-0.3, -0.25) is 5.43 Å². The minimum Gasteiger partial charge on any atom is -0.493 e. The first-order valence-corrected chi connectivity index (χ1v) is 7.55. The lowest BCUT2D eigenvalue weighted by atomic mass is 10.2. The fourth-order valence-electron chi connectivity index (χ4n) is 1.96. The number of nitrogens with one attached hydrogen (secondary N) is 1. The van der Waals surface area contributed by atoms with Crippen molar-refractivity contribution in [2.24, 2.45) is 5.10 Å². The van der Waals surface area contributed by atoms with Gasteiger partial charge in [0, 0.05) is 0 Å². The highest BCUT2D eigenvalue weighted by atomic mass is 35.5. The maximum absolute atomic E-state index is 11.0. The van der Waals surface area contributed by atoms with Gasteiger partial charge in [0.05, 0.1) is 36.2 Å². The summed E-state index contributed by atoms with van der Waals surface area (Å²) in [6.07, 6.45) is 1.57. The second-order valence-corrected chi connectivity index (χ2v) is 5.12. The van der Waals surface area contributed by atoms with Crippen LogP contribution in [-0.2, 0) is 0 Å². The first-order chi connectivity index (χ1) is 11.5. The summed E-state index contributed by atoms with van der Waals surface area (Å²) in [6, 6.07) is 9.75. The molecule has 126 valence electrons. The van der Waals surface area contributed by atoms with Crippen molar-refractivity contribution < 1.29 is 19.4 Å². The number of carbonyl (C=O) groups is 1. The molecule has 0 aliphatic rings. The molecular weight excluding hydrogens is 332 g/mol. The molecule has 2 aromatic carbocycles. The lowest BCUT2D eigenvalue weighted by Gasteiger charge is -2.09. The van der Waals surface area contributed by atoms with Crippen molar-refractivity contribution in [1.29, 1.82) is 0 Å². The molecule has 0 bridgehead atoms. The van der Waals surface area contributed by atoms with Gasteiger partial charge in [0.2, 0.25) is 0 Å². The van der Waals surface area contributed by atoms with E-state index in [9.17, 15) is 4.79 Å². The highest BCUT2D eigenvalue weighted by molar-refractivity contribution is 6.33. The van der Waals surface area contributed by atoms with E-state index in [0.717, 1.165) is 5.56 Å². The van der Waals surface area contributed by atoms with E-state index in [-0.39, 0.29) is 5.56 Å². The molecule has 0 aliphatic heterocycles. The van der Waals surface area contributed by atoms with Crippen molar-refractivity contribution in [3.63, 3.8) is 0 Å². The minimum atomic E-state index is -1.03. The number of carboxylic acid groups (broad SMARTS) is 1. The zero-order valence-corrected chi connectivity index (χ0v) is 14.0. The van der Waals surface area contributed by atoms with Crippen LogP contribution >= 0.6 is 11.6 Å². The summed E-state index contributed by atoms with van der Waals surface area (Å²) in [6.45, 7) is 2.44. The lowest BCUT2D eigenvalue weighted by molar-refractivity contribution is 0.0697. The average molecular weight is 349 g/mol. The number of halogens is 1. The zero-order valence-electron chi connectivity index (χ0n) is 13.2. The third-order valence-electron chi connectivity index (χ3n) is 3.10. The third-order valence-corrected chi connectivity index (χ3v) is 3.43. The van der Waals surface area contributed by atoms with Crippen LogP contribution in [0.3, 0.4) is 0 Å². The molecule has 7 heteroatoms. The Morgan fingerprint density at radius 2 is 2.08 bits per heavy atom. The van der Waals surface area contributed by atoms with Gasteiger partial charge in [-0.05, 0) is 48.9 Å². The van der Waals surface area contributed by atoms with Gasteiger partial charge in [0.1, 0.15) is 0 Å². The summed E-state index contributed by atoms with van der Waals surface area (Å²) in [5, 5.41) is 13.4. The smallest absolute Gasteiger partial charge is 0.335 e. The Kier molecular flexibility index (Phi) is 6.03. The van der Waals surface area contributed by atoms with Gasteiger partial charge in [-0.1, -0.05) is 11.6 Å². The Labute approximate surface area is 144 Å². The van der Waals surface area contributed by atoms with Crippen molar-refractivity contribution in [2.45, 2.75) is 6.92 Å². The molecule has 0 aliphatic carbocycles. The van der Waals surface area contributed by atoms with Gasteiger partial charge >= 0.3 is 5.97 Å². The van der Waals surface area contributed by atoms with Crippen molar-refractivity contribution in [1.82, 2.24) is 0 Å². The molecule has 2 rings (SSSR count). The van der Waals surface area contributed by atoms with Gasteiger partial charge in [-0.15, -0.1) is 0 Å². The second-order valence-electron chi connectivity index (χ2n) is 4.71. The fraction of sp³-hybridized carbons (Fsp3) is 0.176. The number of anilines is 1. The fourth-order valence-corrected chi connectivity index (χ4v) is 2.12. The third kappa shape index (κ3) is 4.39. The average Bonchev–Trinajstić information content (AvgIpc) is 2.57. The van der Waals surface area contributed by atoms with Crippen LogP contribution in [0, 0.1) is 0 Å². The molecule has 0 saturated heterocycles. The van der Waals surface area contributed by atoms with E-state index in [1.165, 1.54) is 18.2 Å². The Morgan fingerprint density at radius 3 is 2.75 bits per heavy atom. The van der Waals surface area contributed by atoms with Crippen LogP contribution in [-0.4, -0.2) is 31.0 Å². The van der Waals surface area contributed by atoms with Crippen molar-refractivity contribution in [3.05, 3.63) is 52.5 Å². The molecule has 2 aromatic rings. The number of nitrogens with zero attached hydrogens (tertiary/aromatic N) is 1. The van der Waals surface area contributed by atoms with Crippen LogP contribution in [0.4, 0.5) is 5.69 Å². The first kappa shape index (κ1) is 17.6. The second kappa shape index (κ2) is 8.21. The van der Waals surface area contributed by atoms with E-state index in [0.29, 0.717) is 28.8 Å². The van der Waals surface area contributed by atoms with Crippen molar-refractivity contribution in [2.75, 3.05) is 19.1 Å². The Balaban J connectivity index is 2.14. The molecule has 6 nitrogen and oxygen atoms in total. The molecule has 0 fully saturated rings. The summed E-state index contributed by atoms with van der Waals surface area (Å²) < 4.78 is 10.7. The van der Waals surface area contributed by atoms with Gasteiger partial charge < -0.3 is 14.6 Å². The zero-order chi connectivity index (χ0) is 17.5. The number of rotatable bonds is 7. The Bertz CT molecular complexity index is 762. The normalized spacial score (nSPS) is 10.6. The van der Waals surface area contributed by atoms with E-state index >= 15 is 0 Å². The monoisotopic (exact) mass is 348 g/mol. The summed E-state index contributed by atoms with van der Waals surface area (Å²) >= 11 is 6.02. The van der Waals surface area contributed by atoms with Crippen LogP contribution < -0.4 is 14.9 Å². The number of benzene rings is 2. The van der Waals surface area contributed by atoms with E-state index in [1.807, 2.05) is 13.0 Å². The molecule has 0 amide bonds. The molecule has 0 unspecified atom stereocenters. The predicted molar refractivity (Wildman–Crippen MR) is 93.8 cm³/mol. The largest absolute Gasteiger partial charge is 0.493 e. The topological polar surface area (TPSA) is 80.2 Å². The molecule has 0 saturated carbocycles. The molecule has 0 heterocycles. The lowest BCUT2D eigenvalue weighted by Crippen LogP contribution is -1.99. The van der Waals surface area contributed by atoms with Gasteiger partial charge in [0.25, 0.3) is 0 Å². The van der Waals surface area contributed by atoms with Crippen molar-refractivity contribution in [3.8, 4) is 11.5 Å². The summed E-state index contributed by atoms with van der Waals surface area (Å²) in [5.74, 6) is 0.226. The maximum atomic E-state index is 11.0. The maximum Gasteiger partial charge on any atom is 0.335 e. The Hall–Kier alpha value is -2.73. The van der Waals surface area contributed by atoms with Crippen LogP contribution in [0.5, 0.6) is 11.5 Å². The summed E-state index contributed by atoms with van der Waals surface area (Å²) in [7, 11) is 1.56. The van der Waals surface area contributed by atoms with Gasteiger partial charge in [0.15, 0.2) is 11.5 Å². The highest BCUT2D eigenvalue weighted by Gasteiger charge is 2.07. The number of methoxy groups -OCH3 is 1. The number of hydrogen-bond acceptors (Lipinski definition) is 5. The molecule has 0 aromatic heterocycles. The van der Waals surface area contributed by atoms with E-state index < -0.39 is 5.97 Å². The quantitative estimate of drug-likeness (QED) is 0.586. The first-order valence-electron chi connectivity index (χ1n) is 7.18. The number of hydrazone groups is 1. The van der Waals surface area contributed by atoms with E-state index in [2.05, 4.69) is 10.5 Å². The van der Waals surface area contributed by atoms with Crippen molar-refractivity contribution >= 4 is 29.5 Å². The molecule has 2 N–H and O–H groups in total. The van der Waals surface area contributed by atoms with E-state index in [4.69, 9.17) is 26.2 Å². The SMILES string of the molecule is CCOc1ccc(/C=N\Nc2cc(C(=O)O)ccc2Cl)cc1OC. The van der Waals surface area contributed by atoms with Gasteiger partial charge in [-0.2, -0.15) is 5.10 Å². The van der Waals surface area contributed by atoms with Crippen LogP contribution in [0.1, 0.15) is 22.8 Å². The number of carboxylic acids is 1. The minimum absolute atomic E-state index is 0.125.